The van der Waals surface area contributed by atoms with Crippen LogP contribution in [0.1, 0.15) is 24.8 Å². The predicted molar refractivity (Wildman–Crippen MR) is 111 cm³/mol. The molecular weight excluding hydrogens is 370 g/mol. The first kappa shape index (κ1) is 18.3. The highest BCUT2D eigenvalue weighted by molar-refractivity contribution is 7.99. The lowest BCUT2D eigenvalue weighted by atomic mass is 10.2. The van der Waals surface area contributed by atoms with Crippen LogP contribution in [0, 0.1) is 18.3 Å². The summed E-state index contributed by atoms with van der Waals surface area (Å²) in [4.78, 5) is 13.3. The van der Waals surface area contributed by atoms with Gasteiger partial charge in [0.25, 0.3) is 5.56 Å². The minimum atomic E-state index is -0.102. The Morgan fingerprint density at radius 2 is 1.86 bits per heavy atom. The average Bonchev–Trinajstić information content (AvgIpc) is 3.13. The molecule has 7 heteroatoms. The Hall–Kier alpha value is -3.11. The minimum Gasteiger partial charge on any atom is -0.268 e. The fraction of sp³-hybridized carbons (Fsp3) is 0.238. The van der Waals surface area contributed by atoms with Crippen LogP contribution in [-0.4, -0.2) is 24.9 Å². The van der Waals surface area contributed by atoms with Crippen molar-refractivity contribution in [3.63, 3.8) is 0 Å². The molecule has 4 rings (SSSR count). The highest BCUT2D eigenvalue weighted by Crippen LogP contribution is 2.24. The van der Waals surface area contributed by atoms with Crippen LogP contribution >= 0.6 is 11.8 Å². The molecule has 0 aliphatic heterocycles. The zero-order valence-corrected chi connectivity index (χ0v) is 16.3. The smallest absolute Gasteiger partial charge is 0.267 e. The van der Waals surface area contributed by atoms with E-state index in [1.807, 2.05) is 59.9 Å². The van der Waals surface area contributed by atoms with Crippen LogP contribution in [0.15, 0.2) is 58.5 Å². The van der Waals surface area contributed by atoms with Crippen molar-refractivity contribution in [2.24, 2.45) is 0 Å². The first-order valence-corrected chi connectivity index (χ1v) is 10.2. The number of para-hydroxylation sites is 2. The van der Waals surface area contributed by atoms with Gasteiger partial charge in [-0.15, -0.1) is 10.2 Å². The van der Waals surface area contributed by atoms with Crippen LogP contribution < -0.4 is 5.56 Å². The molecule has 0 unspecified atom stereocenters. The summed E-state index contributed by atoms with van der Waals surface area (Å²) >= 11 is 1.60. The maximum Gasteiger partial charge on any atom is 0.267 e. The molecule has 0 N–H and O–H groups in total. The number of rotatable bonds is 6. The van der Waals surface area contributed by atoms with Gasteiger partial charge in [0.05, 0.1) is 22.7 Å². The first-order valence-electron chi connectivity index (χ1n) is 9.17. The maximum absolute atomic E-state index is 13.3. The zero-order chi connectivity index (χ0) is 19.5. The van der Waals surface area contributed by atoms with E-state index in [2.05, 4.69) is 16.3 Å². The molecule has 0 spiro atoms. The molecule has 0 fully saturated rings. The zero-order valence-electron chi connectivity index (χ0n) is 15.5. The number of nitrogens with zero attached hydrogens (tertiary/aromatic N) is 5. The lowest BCUT2D eigenvalue weighted by Crippen LogP contribution is -2.22. The Kier molecular flexibility index (Phi) is 5.13. The van der Waals surface area contributed by atoms with Crippen LogP contribution in [0.3, 0.4) is 0 Å². The number of hydrogen-bond donors (Lipinski definition) is 0. The molecule has 0 saturated heterocycles. The van der Waals surface area contributed by atoms with Gasteiger partial charge in [-0.25, -0.2) is 4.57 Å². The average molecular weight is 389 g/mol. The SMILES string of the molecule is Cc1ccccc1-n1c(=O)c2ccccc2n2c(SCCCCC#N)nnc12. The van der Waals surface area contributed by atoms with Crippen molar-refractivity contribution < 1.29 is 0 Å². The molecule has 0 atom stereocenters. The summed E-state index contributed by atoms with van der Waals surface area (Å²) in [6.07, 6.45) is 2.37. The van der Waals surface area contributed by atoms with Gasteiger partial charge in [0, 0.05) is 12.2 Å². The fourth-order valence-electron chi connectivity index (χ4n) is 3.27. The number of aryl methyl sites for hydroxylation is 1. The molecule has 0 saturated carbocycles. The second-order valence-corrected chi connectivity index (χ2v) is 7.59. The highest BCUT2D eigenvalue weighted by atomic mass is 32.2. The molecule has 0 aliphatic carbocycles. The van der Waals surface area contributed by atoms with Gasteiger partial charge in [-0.05, 0) is 43.5 Å². The van der Waals surface area contributed by atoms with Gasteiger partial charge in [0.1, 0.15) is 0 Å². The molecule has 2 heterocycles. The van der Waals surface area contributed by atoms with Crippen molar-refractivity contribution in [1.82, 2.24) is 19.2 Å². The molecule has 0 radical (unpaired) electrons. The molecule has 2 aromatic carbocycles. The van der Waals surface area contributed by atoms with Crippen molar-refractivity contribution in [2.75, 3.05) is 5.75 Å². The van der Waals surface area contributed by atoms with Gasteiger partial charge in [0.15, 0.2) is 5.16 Å². The van der Waals surface area contributed by atoms with Gasteiger partial charge >= 0.3 is 0 Å². The van der Waals surface area contributed by atoms with E-state index in [0.717, 1.165) is 40.5 Å². The second-order valence-electron chi connectivity index (χ2n) is 6.53. The fourth-order valence-corrected chi connectivity index (χ4v) is 4.21. The largest absolute Gasteiger partial charge is 0.268 e. The van der Waals surface area contributed by atoms with Crippen LogP contribution in [0.25, 0.3) is 22.4 Å². The van der Waals surface area contributed by atoms with Crippen molar-refractivity contribution in [2.45, 2.75) is 31.3 Å². The van der Waals surface area contributed by atoms with Gasteiger partial charge < -0.3 is 0 Å². The number of hydrogen-bond acceptors (Lipinski definition) is 5. The first-order chi connectivity index (χ1) is 13.7. The summed E-state index contributed by atoms with van der Waals surface area (Å²) in [5.41, 5.74) is 2.50. The topological polar surface area (TPSA) is 76.0 Å². The van der Waals surface area contributed by atoms with E-state index in [1.54, 1.807) is 16.3 Å². The van der Waals surface area contributed by atoms with E-state index >= 15 is 0 Å². The molecule has 2 aromatic heterocycles. The van der Waals surface area contributed by atoms with Crippen LogP contribution in [0.2, 0.25) is 0 Å². The normalized spacial score (nSPS) is 11.1. The predicted octanol–water partition coefficient (Wildman–Crippen LogP) is 4.13. The van der Waals surface area contributed by atoms with E-state index in [0.29, 0.717) is 17.6 Å². The molecule has 4 aromatic rings. The second kappa shape index (κ2) is 7.87. The summed E-state index contributed by atoms with van der Waals surface area (Å²) in [7, 11) is 0. The Morgan fingerprint density at radius 3 is 2.68 bits per heavy atom. The van der Waals surface area contributed by atoms with E-state index in [-0.39, 0.29) is 5.56 Å². The summed E-state index contributed by atoms with van der Waals surface area (Å²) in [5, 5.41) is 18.8. The van der Waals surface area contributed by atoms with E-state index in [1.165, 1.54) is 0 Å². The van der Waals surface area contributed by atoms with Crippen LogP contribution in [0.4, 0.5) is 0 Å². The molecule has 0 amide bonds. The number of aromatic nitrogens is 4. The van der Waals surface area contributed by atoms with E-state index in [9.17, 15) is 4.79 Å². The van der Waals surface area contributed by atoms with Gasteiger partial charge in [0.2, 0.25) is 5.78 Å². The van der Waals surface area contributed by atoms with Gasteiger partial charge in [-0.1, -0.05) is 42.1 Å². The molecular formula is C21H19N5OS. The van der Waals surface area contributed by atoms with Crippen LogP contribution in [0.5, 0.6) is 0 Å². The van der Waals surface area contributed by atoms with Gasteiger partial charge in [-0.2, -0.15) is 5.26 Å². The summed E-state index contributed by atoms with van der Waals surface area (Å²) < 4.78 is 3.60. The highest BCUT2D eigenvalue weighted by Gasteiger charge is 2.18. The lowest BCUT2D eigenvalue weighted by molar-refractivity contribution is 0.826. The molecule has 0 aliphatic rings. The number of nitriles is 1. The van der Waals surface area contributed by atoms with Crippen molar-refractivity contribution >= 4 is 28.4 Å². The Labute approximate surface area is 166 Å². The van der Waals surface area contributed by atoms with Crippen molar-refractivity contribution in [1.29, 1.82) is 5.26 Å². The summed E-state index contributed by atoms with van der Waals surface area (Å²) in [6, 6.07) is 17.5. The third kappa shape index (κ3) is 3.16. The number of benzene rings is 2. The van der Waals surface area contributed by atoms with Crippen molar-refractivity contribution in [3.05, 3.63) is 64.4 Å². The Balaban J connectivity index is 1.91. The van der Waals surface area contributed by atoms with Crippen molar-refractivity contribution in [3.8, 4) is 11.8 Å². The number of fused-ring (bicyclic) bond motifs is 3. The third-order valence-electron chi connectivity index (χ3n) is 4.67. The quantitative estimate of drug-likeness (QED) is 0.366. The molecule has 140 valence electrons. The molecule has 6 nitrogen and oxygen atoms in total. The summed E-state index contributed by atoms with van der Waals surface area (Å²) in [6.45, 7) is 1.98. The molecule has 0 bridgehead atoms. The Bertz CT molecular complexity index is 1250. The standard InChI is InChI=1S/C21H19N5OS/c1-15-9-3-5-11-17(15)25-19(27)16-10-4-6-12-18(16)26-20(25)23-24-21(26)28-14-8-2-7-13-22/h3-6,9-12H,2,7-8,14H2,1H3. The minimum absolute atomic E-state index is 0.102. The Morgan fingerprint density at radius 1 is 1.07 bits per heavy atom. The van der Waals surface area contributed by atoms with E-state index < -0.39 is 0 Å². The third-order valence-corrected chi connectivity index (χ3v) is 5.68. The number of thioether (sulfide) groups is 1. The van der Waals surface area contributed by atoms with Gasteiger partial charge in [-0.3, -0.25) is 9.20 Å². The van der Waals surface area contributed by atoms with Crippen LogP contribution in [-0.2, 0) is 0 Å². The monoisotopic (exact) mass is 389 g/mol. The number of unbranched alkanes of at least 4 members (excludes halogenated alkanes) is 2. The molecule has 28 heavy (non-hydrogen) atoms. The maximum atomic E-state index is 13.3. The van der Waals surface area contributed by atoms with E-state index in [4.69, 9.17) is 5.26 Å². The lowest BCUT2D eigenvalue weighted by Gasteiger charge is -2.13. The summed E-state index contributed by atoms with van der Waals surface area (Å²) in [5.74, 6) is 1.36.